The fourth-order valence-corrected chi connectivity index (χ4v) is 4.97. The van der Waals surface area contributed by atoms with Crippen molar-refractivity contribution < 1.29 is 16.8 Å². The molecule has 2 aliphatic rings. The predicted octanol–water partition coefficient (Wildman–Crippen LogP) is 2.03. The Bertz CT molecular complexity index is 1130. The summed E-state index contributed by atoms with van der Waals surface area (Å²) in [6.07, 6.45) is 0. The zero-order valence-corrected chi connectivity index (χ0v) is 15.4. The number of hydrogen-bond acceptors (Lipinski definition) is 6. The van der Waals surface area contributed by atoms with Gasteiger partial charge in [-0.3, -0.25) is 0 Å². The lowest BCUT2D eigenvalue weighted by atomic mass is 10.2. The lowest BCUT2D eigenvalue weighted by Gasteiger charge is -2.23. The summed E-state index contributed by atoms with van der Waals surface area (Å²) in [4.78, 5) is 0.0599. The van der Waals surface area contributed by atoms with Crippen molar-refractivity contribution in [3.63, 3.8) is 0 Å². The molecule has 2 N–H and O–H groups in total. The highest BCUT2D eigenvalue weighted by Gasteiger charge is 2.32. The fraction of sp³-hybridized carbons (Fsp3) is 0.125. The molecule has 0 radical (unpaired) electrons. The van der Waals surface area contributed by atoms with Crippen molar-refractivity contribution in [1.29, 1.82) is 0 Å². The molecule has 0 saturated heterocycles. The third-order valence-electron chi connectivity index (χ3n) is 3.98. The van der Waals surface area contributed by atoms with Gasteiger partial charge in [0.05, 0.1) is 11.4 Å². The molecule has 134 valence electrons. The predicted molar refractivity (Wildman–Crippen MR) is 98.8 cm³/mol. The summed E-state index contributed by atoms with van der Waals surface area (Å²) in [5.74, 6) is -0.335. The Morgan fingerprint density at radius 3 is 1.46 bits per heavy atom. The summed E-state index contributed by atoms with van der Waals surface area (Å²) >= 11 is 0. The molecule has 0 fully saturated rings. The van der Waals surface area contributed by atoms with Gasteiger partial charge in [0.15, 0.2) is 11.7 Å². The van der Waals surface area contributed by atoms with Crippen LogP contribution in [-0.2, 0) is 20.0 Å². The normalized spacial score (nSPS) is 19.2. The topological polar surface area (TPSA) is 117 Å². The van der Waals surface area contributed by atoms with Crippen molar-refractivity contribution in [2.24, 2.45) is 8.80 Å². The van der Waals surface area contributed by atoms with Crippen LogP contribution in [0, 0.1) is 13.8 Å². The summed E-state index contributed by atoms with van der Waals surface area (Å²) in [5, 5.41) is 5.72. The van der Waals surface area contributed by atoms with Gasteiger partial charge in [-0.1, -0.05) is 12.1 Å². The second kappa shape index (κ2) is 5.39. The Morgan fingerprint density at radius 2 is 1.08 bits per heavy atom. The van der Waals surface area contributed by atoms with E-state index in [1.165, 1.54) is 12.1 Å². The van der Waals surface area contributed by atoms with E-state index < -0.39 is 20.0 Å². The Hall–Kier alpha value is -2.72. The maximum absolute atomic E-state index is 12.4. The van der Waals surface area contributed by atoms with Crippen LogP contribution in [0.15, 0.2) is 55.0 Å². The van der Waals surface area contributed by atoms with Gasteiger partial charge in [0.2, 0.25) is 0 Å². The van der Waals surface area contributed by atoms with Crippen molar-refractivity contribution in [2.45, 2.75) is 23.6 Å². The minimum Gasteiger partial charge on any atom is -0.335 e. The summed E-state index contributed by atoms with van der Waals surface area (Å²) in [5.41, 5.74) is 2.35. The van der Waals surface area contributed by atoms with E-state index in [4.69, 9.17) is 0 Å². The standard InChI is InChI=1S/C16H14N4O4S2/c1-9-3-5-13-11(7-9)17-15(19-25(13,21)22)16-18-12-8-10(2)4-6-14(12)26(23,24)20-16/h3-8H,1-2H3,(H,17,19)(H,18,20). The van der Waals surface area contributed by atoms with Crippen LogP contribution in [-0.4, -0.2) is 28.5 Å². The van der Waals surface area contributed by atoms with Crippen molar-refractivity contribution in [3.05, 3.63) is 47.5 Å². The second-order valence-corrected chi connectivity index (χ2v) is 9.22. The van der Waals surface area contributed by atoms with Crippen LogP contribution >= 0.6 is 0 Å². The molecule has 10 heteroatoms. The highest BCUT2D eigenvalue weighted by molar-refractivity contribution is 7.91. The highest BCUT2D eigenvalue weighted by atomic mass is 32.2. The molecular weight excluding hydrogens is 376 g/mol. The van der Waals surface area contributed by atoms with Gasteiger partial charge in [-0.2, -0.15) is 16.8 Å². The van der Waals surface area contributed by atoms with E-state index in [1.807, 2.05) is 13.8 Å². The van der Waals surface area contributed by atoms with Crippen LogP contribution in [0.2, 0.25) is 0 Å². The third kappa shape index (κ3) is 2.67. The monoisotopic (exact) mass is 390 g/mol. The van der Waals surface area contributed by atoms with Gasteiger partial charge < -0.3 is 10.6 Å². The van der Waals surface area contributed by atoms with E-state index in [-0.39, 0.29) is 21.5 Å². The van der Waals surface area contributed by atoms with Crippen LogP contribution in [0.25, 0.3) is 0 Å². The first kappa shape index (κ1) is 16.7. The van der Waals surface area contributed by atoms with E-state index in [1.54, 1.807) is 24.3 Å². The van der Waals surface area contributed by atoms with Crippen LogP contribution in [0.1, 0.15) is 11.1 Å². The Balaban J connectivity index is 1.85. The number of nitrogens with one attached hydrogen (secondary N) is 2. The van der Waals surface area contributed by atoms with Gasteiger partial charge in [-0.05, 0) is 49.2 Å². The Morgan fingerprint density at radius 1 is 0.692 bits per heavy atom. The lowest BCUT2D eigenvalue weighted by molar-refractivity contribution is 0.595. The molecule has 0 bridgehead atoms. The SMILES string of the molecule is Cc1ccc2c(c1)NC(C1=NS(=O)(=O)c3ccc(C)cc3N1)=NS2(=O)=O. The molecule has 0 atom stereocenters. The number of anilines is 2. The largest absolute Gasteiger partial charge is 0.335 e. The number of amidine groups is 2. The maximum Gasteiger partial charge on any atom is 0.286 e. The van der Waals surface area contributed by atoms with E-state index >= 15 is 0 Å². The molecule has 2 heterocycles. The fourth-order valence-electron chi connectivity index (χ4n) is 2.78. The van der Waals surface area contributed by atoms with Crippen LogP contribution in [0.3, 0.4) is 0 Å². The zero-order valence-electron chi connectivity index (χ0n) is 13.8. The summed E-state index contributed by atoms with van der Waals surface area (Å²) in [6.45, 7) is 3.64. The number of rotatable bonds is 1. The second-order valence-electron chi connectivity index (χ2n) is 6.08. The Kier molecular flexibility index (Phi) is 3.47. The van der Waals surface area contributed by atoms with E-state index in [0.717, 1.165) is 11.1 Å². The molecule has 0 unspecified atom stereocenters. The van der Waals surface area contributed by atoms with Crippen LogP contribution < -0.4 is 10.6 Å². The van der Waals surface area contributed by atoms with Gasteiger partial charge >= 0.3 is 0 Å². The number of nitrogens with zero attached hydrogens (tertiary/aromatic N) is 2. The maximum atomic E-state index is 12.4. The molecular formula is C16H14N4O4S2. The molecule has 0 spiro atoms. The summed E-state index contributed by atoms with van der Waals surface area (Å²) in [7, 11) is -7.94. The highest BCUT2D eigenvalue weighted by Crippen LogP contribution is 2.31. The third-order valence-corrected chi connectivity index (χ3v) is 6.65. The molecule has 26 heavy (non-hydrogen) atoms. The van der Waals surface area contributed by atoms with Crippen molar-refractivity contribution in [3.8, 4) is 0 Å². The van der Waals surface area contributed by atoms with Gasteiger partial charge in [0.25, 0.3) is 20.0 Å². The van der Waals surface area contributed by atoms with Crippen LogP contribution in [0.4, 0.5) is 11.4 Å². The first-order valence-electron chi connectivity index (χ1n) is 7.61. The van der Waals surface area contributed by atoms with Crippen molar-refractivity contribution >= 4 is 43.1 Å². The van der Waals surface area contributed by atoms with Gasteiger partial charge in [0, 0.05) is 0 Å². The molecule has 8 nitrogen and oxygen atoms in total. The molecule has 0 saturated carbocycles. The smallest absolute Gasteiger partial charge is 0.286 e. The molecule has 0 amide bonds. The quantitative estimate of drug-likeness (QED) is 0.769. The number of sulfonamides is 2. The first-order valence-corrected chi connectivity index (χ1v) is 10.5. The minimum atomic E-state index is -3.97. The lowest BCUT2D eigenvalue weighted by Crippen LogP contribution is -2.36. The molecule has 4 rings (SSSR count). The van der Waals surface area contributed by atoms with E-state index in [0.29, 0.717) is 11.4 Å². The summed E-state index contributed by atoms with van der Waals surface area (Å²) in [6, 6.07) is 9.55. The average molecular weight is 390 g/mol. The number of hydrogen-bond donors (Lipinski definition) is 2. The van der Waals surface area contributed by atoms with Crippen molar-refractivity contribution in [2.75, 3.05) is 10.6 Å². The molecule has 2 aliphatic heterocycles. The van der Waals surface area contributed by atoms with E-state index in [2.05, 4.69) is 19.4 Å². The molecule has 0 aromatic heterocycles. The average Bonchev–Trinajstić information content (AvgIpc) is 2.52. The van der Waals surface area contributed by atoms with Gasteiger partial charge in [-0.25, -0.2) is 0 Å². The summed E-state index contributed by atoms with van der Waals surface area (Å²) < 4.78 is 57.1. The first-order chi connectivity index (χ1) is 12.2. The minimum absolute atomic E-state index is 0.0300. The van der Waals surface area contributed by atoms with Gasteiger partial charge in [0.1, 0.15) is 9.79 Å². The molecule has 2 aromatic rings. The molecule has 2 aromatic carbocycles. The zero-order chi connectivity index (χ0) is 18.7. The Labute approximate surface area is 150 Å². The molecule has 0 aliphatic carbocycles. The number of fused-ring (bicyclic) bond motifs is 2. The number of aryl methyl sites for hydroxylation is 2. The van der Waals surface area contributed by atoms with Crippen molar-refractivity contribution in [1.82, 2.24) is 0 Å². The van der Waals surface area contributed by atoms with E-state index in [9.17, 15) is 16.8 Å². The number of benzene rings is 2. The van der Waals surface area contributed by atoms with Crippen LogP contribution in [0.5, 0.6) is 0 Å². The van der Waals surface area contributed by atoms with Gasteiger partial charge in [-0.15, -0.1) is 8.80 Å².